The Morgan fingerprint density at radius 3 is 2.39 bits per heavy atom. The summed E-state index contributed by atoms with van der Waals surface area (Å²) < 4.78 is 13.2. The molecule has 0 heterocycles. The van der Waals surface area contributed by atoms with E-state index in [4.69, 9.17) is 0 Å². The van der Waals surface area contributed by atoms with Gasteiger partial charge in [0.15, 0.2) is 0 Å². The Kier molecular flexibility index (Phi) is 7.20. The summed E-state index contributed by atoms with van der Waals surface area (Å²) in [6, 6.07) is 5.60. The molecule has 1 rings (SSSR count). The monoisotopic (exact) mass is 322 g/mol. The van der Waals surface area contributed by atoms with Crippen molar-refractivity contribution in [3.8, 4) is 0 Å². The molecule has 0 spiro atoms. The first-order valence-corrected chi connectivity index (χ1v) is 7.99. The largest absolute Gasteiger partial charge is 0.344 e. The molecule has 1 aromatic carbocycles. The molecule has 5 heteroatoms. The van der Waals surface area contributed by atoms with Crippen LogP contribution >= 0.6 is 0 Å². The van der Waals surface area contributed by atoms with Gasteiger partial charge in [-0.15, -0.1) is 0 Å². The molecule has 0 radical (unpaired) electrons. The number of nitrogens with zero attached hydrogens (tertiary/aromatic N) is 1. The van der Waals surface area contributed by atoms with Gasteiger partial charge in [0.1, 0.15) is 11.9 Å². The second-order valence-corrected chi connectivity index (χ2v) is 6.71. The van der Waals surface area contributed by atoms with E-state index in [1.807, 2.05) is 27.7 Å². The van der Waals surface area contributed by atoms with Crippen molar-refractivity contribution in [3.05, 3.63) is 35.6 Å². The number of carbonyl (C=O) groups is 2. The molecule has 1 aromatic rings. The molecule has 0 aliphatic heterocycles. The number of carbonyl (C=O) groups excluding carboxylic acids is 2. The highest BCUT2D eigenvalue weighted by Crippen LogP contribution is 2.11. The van der Waals surface area contributed by atoms with Crippen LogP contribution in [0.5, 0.6) is 0 Å². The van der Waals surface area contributed by atoms with E-state index in [0.717, 1.165) is 5.56 Å². The summed E-state index contributed by atoms with van der Waals surface area (Å²) in [4.78, 5) is 26.1. The van der Waals surface area contributed by atoms with E-state index in [0.29, 0.717) is 13.0 Å². The molecule has 1 atom stereocenters. The number of nitrogens with one attached hydrogen (secondary N) is 1. The minimum Gasteiger partial charge on any atom is -0.344 e. The molecule has 4 nitrogen and oxygen atoms in total. The van der Waals surface area contributed by atoms with Crippen LogP contribution in [-0.2, 0) is 16.1 Å². The van der Waals surface area contributed by atoms with E-state index in [-0.39, 0.29) is 29.5 Å². The Bertz CT molecular complexity index is 544. The fourth-order valence-corrected chi connectivity index (χ4v) is 2.34. The molecule has 0 fully saturated rings. The van der Waals surface area contributed by atoms with Crippen LogP contribution in [-0.4, -0.2) is 29.8 Å². The number of benzene rings is 1. The maximum absolute atomic E-state index is 13.2. The Balaban J connectivity index is 2.74. The fourth-order valence-electron chi connectivity index (χ4n) is 2.34. The van der Waals surface area contributed by atoms with Gasteiger partial charge >= 0.3 is 0 Å². The average Bonchev–Trinajstić information content (AvgIpc) is 2.43. The van der Waals surface area contributed by atoms with Gasteiger partial charge in [-0.3, -0.25) is 9.59 Å². The molecule has 2 amide bonds. The molecule has 0 saturated carbocycles. The van der Waals surface area contributed by atoms with Crippen LogP contribution in [0.2, 0.25) is 0 Å². The van der Waals surface area contributed by atoms with E-state index in [1.54, 1.807) is 19.2 Å². The summed E-state index contributed by atoms with van der Waals surface area (Å²) in [5, 5.41) is 2.82. The van der Waals surface area contributed by atoms with Crippen LogP contribution in [0, 0.1) is 17.7 Å². The highest BCUT2D eigenvalue weighted by Gasteiger charge is 2.27. The maximum atomic E-state index is 13.2. The normalized spacial score (nSPS) is 12.3. The predicted octanol–water partition coefficient (Wildman–Crippen LogP) is 2.97. The second kappa shape index (κ2) is 8.65. The third kappa shape index (κ3) is 6.38. The molecule has 0 aromatic heterocycles. The van der Waals surface area contributed by atoms with Gasteiger partial charge in [-0.2, -0.15) is 0 Å². The van der Waals surface area contributed by atoms with Gasteiger partial charge < -0.3 is 10.2 Å². The molecule has 0 bridgehead atoms. The molecule has 23 heavy (non-hydrogen) atoms. The first-order chi connectivity index (χ1) is 10.7. The van der Waals surface area contributed by atoms with Crippen LogP contribution in [0.1, 0.15) is 39.7 Å². The molecule has 1 N–H and O–H groups in total. The summed E-state index contributed by atoms with van der Waals surface area (Å²) in [6.45, 7) is 8.02. The lowest BCUT2D eigenvalue weighted by molar-refractivity contribution is -0.137. The fraction of sp³-hybridized carbons (Fsp3) is 0.556. The zero-order chi connectivity index (χ0) is 17.6. The second-order valence-electron chi connectivity index (χ2n) is 6.71. The number of hydrogen-bond acceptors (Lipinski definition) is 2. The first kappa shape index (κ1) is 19.1. The summed E-state index contributed by atoms with van der Waals surface area (Å²) in [5.41, 5.74) is 0.719. The molecule has 1 unspecified atom stereocenters. The molecular weight excluding hydrogens is 295 g/mol. The average molecular weight is 322 g/mol. The van der Waals surface area contributed by atoms with E-state index in [9.17, 15) is 14.0 Å². The number of amides is 2. The Morgan fingerprint density at radius 1 is 1.22 bits per heavy atom. The minimum absolute atomic E-state index is 0.0198. The van der Waals surface area contributed by atoms with E-state index in [1.165, 1.54) is 17.0 Å². The third-order valence-electron chi connectivity index (χ3n) is 3.53. The van der Waals surface area contributed by atoms with Gasteiger partial charge in [-0.25, -0.2) is 4.39 Å². The van der Waals surface area contributed by atoms with Crippen molar-refractivity contribution < 1.29 is 14.0 Å². The van der Waals surface area contributed by atoms with Gasteiger partial charge in [-0.1, -0.05) is 39.8 Å². The van der Waals surface area contributed by atoms with Crippen molar-refractivity contribution in [2.45, 2.75) is 46.7 Å². The molecule has 0 saturated heterocycles. The van der Waals surface area contributed by atoms with Gasteiger partial charge in [0.05, 0.1) is 0 Å². The van der Waals surface area contributed by atoms with E-state index in [2.05, 4.69) is 5.32 Å². The Hall–Kier alpha value is -1.91. The summed E-state index contributed by atoms with van der Waals surface area (Å²) >= 11 is 0. The van der Waals surface area contributed by atoms with E-state index >= 15 is 0 Å². The molecule has 128 valence electrons. The number of hydrogen-bond donors (Lipinski definition) is 1. The first-order valence-electron chi connectivity index (χ1n) is 7.99. The van der Waals surface area contributed by atoms with Crippen molar-refractivity contribution in [1.29, 1.82) is 0 Å². The van der Waals surface area contributed by atoms with Crippen molar-refractivity contribution in [3.63, 3.8) is 0 Å². The highest BCUT2D eigenvalue weighted by molar-refractivity contribution is 5.87. The lowest BCUT2D eigenvalue weighted by Gasteiger charge is -2.27. The van der Waals surface area contributed by atoms with Gasteiger partial charge in [0, 0.05) is 20.0 Å². The van der Waals surface area contributed by atoms with Gasteiger partial charge in [0.25, 0.3) is 0 Å². The summed E-state index contributed by atoms with van der Waals surface area (Å²) in [5.74, 6) is -0.391. The number of likely N-dealkylation sites (N-methyl/N-ethyl adjacent to an activating group) is 1. The van der Waals surface area contributed by atoms with Gasteiger partial charge in [-0.05, 0) is 29.5 Å². The van der Waals surface area contributed by atoms with Crippen LogP contribution in [0.15, 0.2) is 24.3 Å². The van der Waals surface area contributed by atoms with Crippen molar-refractivity contribution in [1.82, 2.24) is 10.2 Å². The molecule has 0 aliphatic carbocycles. The van der Waals surface area contributed by atoms with Crippen molar-refractivity contribution in [2.24, 2.45) is 11.8 Å². The van der Waals surface area contributed by atoms with Crippen molar-refractivity contribution >= 4 is 11.8 Å². The lowest BCUT2D eigenvalue weighted by atomic mass is 10.0. The van der Waals surface area contributed by atoms with Crippen LogP contribution in [0.25, 0.3) is 0 Å². The Morgan fingerprint density at radius 2 is 1.87 bits per heavy atom. The van der Waals surface area contributed by atoms with Crippen LogP contribution in [0.3, 0.4) is 0 Å². The summed E-state index contributed by atoms with van der Waals surface area (Å²) in [6.07, 6.45) is 0.393. The minimum atomic E-state index is -0.570. The molecular formula is C18H27FN2O2. The highest BCUT2D eigenvalue weighted by atomic mass is 19.1. The standard InChI is InChI=1S/C18H27FN2O2/c1-12(2)9-16(22)20-17(13(3)4)18(23)21(5)11-14-7-6-8-15(19)10-14/h6-8,10,12-13,17H,9,11H2,1-5H3,(H,20,22). The quantitative estimate of drug-likeness (QED) is 0.839. The Labute approximate surface area is 138 Å². The zero-order valence-electron chi connectivity index (χ0n) is 14.6. The van der Waals surface area contributed by atoms with Crippen molar-refractivity contribution in [2.75, 3.05) is 7.05 Å². The summed E-state index contributed by atoms with van der Waals surface area (Å²) in [7, 11) is 1.66. The SMILES string of the molecule is CC(C)CC(=O)NC(C(=O)N(C)Cc1cccc(F)c1)C(C)C. The lowest BCUT2D eigenvalue weighted by Crippen LogP contribution is -2.50. The number of halogens is 1. The zero-order valence-corrected chi connectivity index (χ0v) is 14.6. The maximum Gasteiger partial charge on any atom is 0.245 e. The van der Waals surface area contributed by atoms with Gasteiger partial charge in [0.2, 0.25) is 11.8 Å². The molecule has 0 aliphatic rings. The number of rotatable bonds is 7. The topological polar surface area (TPSA) is 49.4 Å². The predicted molar refractivity (Wildman–Crippen MR) is 89.1 cm³/mol. The smallest absolute Gasteiger partial charge is 0.245 e. The van der Waals surface area contributed by atoms with Crippen LogP contribution in [0.4, 0.5) is 4.39 Å². The van der Waals surface area contributed by atoms with Crippen LogP contribution < -0.4 is 5.32 Å². The third-order valence-corrected chi connectivity index (χ3v) is 3.53. The van der Waals surface area contributed by atoms with E-state index < -0.39 is 6.04 Å².